The summed E-state index contributed by atoms with van der Waals surface area (Å²) in [7, 11) is 0. The second-order valence-corrected chi connectivity index (χ2v) is 5.59. The van der Waals surface area contributed by atoms with Gasteiger partial charge < -0.3 is 20.1 Å². The lowest BCUT2D eigenvalue weighted by molar-refractivity contribution is -0.125. The number of hydrogen-bond donors (Lipinski definition) is 2. The SMILES string of the molecule is Cl.O=C(NCc1ccc2c(c1)OCCCO2)C1CCCNC1. The van der Waals surface area contributed by atoms with Gasteiger partial charge in [0.15, 0.2) is 11.5 Å². The average molecular weight is 327 g/mol. The highest BCUT2D eigenvalue weighted by atomic mass is 35.5. The molecule has 0 saturated carbocycles. The first kappa shape index (κ1) is 16.9. The molecule has 2 aliphatic rings. The lowest BCUT2D eigenvalue weighted by Crippen LogP contribution is -2.40. The molecule has 0 radical (unpaired) electrons. The van der Waals surface area contributed by atoms with Gasteiger partial charge in [-0.2, -0.15) is 0 Å². The third-order valence-electron chi connectivity index (χ3n) is 3.95. The molecule has 22 heavy (non-hydrogen) atoms. The second kappa shape index (κ2) is 8.25. The summed E-state index contributed by atoms with van der Waals surface area (Å²) >= 11 is 0. The number of nitrogens with one attached hydrogen (secondary N) is 2. The first-order valence-corrected chi connectivity index (χ1v) is 7.70. The standard InChI is InChI=1S/C16H22N2O3.ClH/c19-16(13-3-1-6-17-11-13)18-10-12-4-5-14-15(9-12)21-8-2-7-20-14;/h4-5,9,13,17H,1-3,6-8,10-11H2,(H,18,19);1H. The second-order valence-electron chi connectivity index (χ2n) is 5.59. The molecule has 1 aromatic carbocycles. The lowest BCUT2D eigenvalue weighted by atomic mass is 9.99. The Balaban J connectivity index is 0.00000176. The highest BCUT2D eigenvalue weighted by Gasteiger charge is 2.20. The first-order valence-electron chi connectivity index (χ1n) is 7.70. The van der Waals surface area contributed by atoms with Gasteiger partial charge in [0.2, 0.25) is 5.91 Å². The Morgan fingerprint density at radius 1 is 1.23 bits per heavy atom. The smallest absolute Gasteiger partial charge is 0.224 e. The molecule has 2 aliphatic heterocycles. The molecule has 1 fully saturated rings. The molecule has 2 heterocycles. The molecule has 1 atom stereocenters. The van der Waals surface area contributed by atoms with Crippen LogP contribution < -0.4 is 20.1 Å². The van der Waals surface area contributed by atoms with E-state index in [-0.39, 0.29) is 24.2 Å². The van der Waals surface area contributed by atoms with Crippen molar-refractivity contribution in [1.29, 1.82) is 0 Å². The average Bonchev–Trinajstić information content (AvgIpc) is 2.78. The summed E-state index contributed by atoms with van der Waals surface area (Å²) in [4.78, 5) is 12.1. The van der Waals surface area contributed by atoms with Crippen molar-refractivity contribution >= 4 is 18.3 Å². The van der Waals surface area contributed by atoms with Crippen LogP contribution in [0, 0.1) is 5.92 Å². The zero-order valence-electron chi connectivity index (χ0n) is 12.6. The van der Waals surface area contributed by atoms with E-state index in [0.29, 0.717) is 19.8 Å². The molecule has 0 aliphatic carbocycles. The third kappa shape index (κ3) is 4.27. The van der Waals surface area contributed by atoms with Crippen molar-refractivity contribution in [2.75, 3.05) is 26.3 Å². The number of benzene rings is 1. The highest BCUT2D eigenvalue weighted by molar-refractivity contribution is 5.85. The zero-order valence-corrected chi connectivity index (χ0v) is 13.4. The largest absolute Gasteiger partial charge is 0.490 e. The molecule has 122 valence electrons. The highest BCUT2D eigenvalue weighted by Crippen LogP contribution is 2.30. The summed E-state index contributed by atoms with van der Waals surface area (Å²) in [5.41, 5.74) is 1.04. The maximum Gasteiger partial charge on any atom is 0.224 e. The summed E-state index contributed by atoms with van der Waals surface area (Å²) in [6.07, 6.45) is 2.94. The van der Waals surface area contributed by atoms with E-state index in [0.717, 1.165) is 49.4 Å². The minimum atomic E-state index is 0. The normalized spacial score (nSPS) is 20.5. The van der Waals surface area contributed by atoms with Crippen molar-refractivity contribution in [3.63, 3.8) is 0 Å². The topological polar surface area (TPSA) is 59.6 Å². The Bertz CT molecular complexity index is 504. The van der Waals surface area contributed by atoms with Crippen LogP contribution in [0.25, 0.3) is 0 Å². The quantitative estimate of drug-likeness (QED) is 0.890. The van der Waals surface area contributed by atoms with Crippen LogP contribution in [0.1, 0.15) is 24.8 Å². The molecule has 0 spiro atoms. The number of carbonyl (C=O) groups excluding carboxylic acids is 1. The Morgan fingerprint density at radius 3 is 2.82 bits per heavy atom. The predicted molar refractivity (Wildman–Crippen MR) is 86.7 cm³/mol. The van der Waals surface area contributed by atoms with Gasteiger partial charge in [-0.3, -0.25) is 4.79 Å². The monoisotopic (exact) mass is 326 g/mol. The fraction of sp³-hybridized carbons (Fsp3) is 0.562. The Kier molecular flexibility index (Phi) is 6.34. The van der Waals surface area contributed by atoms with Crippen LogP contribution in [-0.4, -0.2) is 32.2 Å². The lowest BCUT2D eigenvalue weighted by Gasteiger charge is -2.22. The van der Waals surface area contributed by atoms with E-state index in [9.17, 15) is 4.79 Å². The van der Waals surface area contributed by atoms with Crippen LogP contribution in [-0.2, 0) is 11.3 Å². The molecule has 1 saturated heterocycles. The molecule has 0 bridgehead atoms. The molecule has 1 amide bonds. The van der Waals surface area contributed by atoms with Gasteiger partial charge in [0.25, 0.3) is 0 Å². The summed E-state index contributed by atoms with van der Waals surface area (Å²) in [6.45, 7) is 3.71. The van der Waals surface area contributed by atoms with Gasteiger partial charge in [-0.05, 0) is 37.1 Å². The van der Waals surface area contributed by atoms with E-state index in [1.807, 2.05) is 18.2 Å². The van der Waals surface area contributed by atoms with Crippen molar-refractivity contribution in [2.24, 2.45) is 5.92 Å². The fourth-order valence-corrected chi connectivity index (χ4v) is 2.73. The Labute approximate surface area is 137 Å². The van der Waals surface area contributed by atoms with Crippen molar-refractivity contribution in [2.45, 2.75) is 25.8 Å². The van der Waals surface area contributed by atoms with Crippen LogP contribution >= 0.6 is 12.4 Å². The van der Waals surface area contributed by atoms with E-state index < -0.39 is 0 Å². The van der Waals surface area contributed by atoms with Gasteiger partial charge in [0, 0.05) is 19.5 Å². The van der Waals surface area contributed by atoms with Gasteiger partial charge in [-0.1, -0.05) is 6.07 Å². The summed E-state index contributed by atoms with van der Waals surface area (Å²) in [5, 5.41) is 6.28. The van der Waals surface area contributed by atoms with Crippen LogP contribution in [0.4, 0.5) is 0 Å². The van der Waals surface area contributed by atoms with Crippen LogP contribution in [0.3, 0.4) is 0 Å². The molecule has 2 N–H and O–H groups in total. The summed E-state index contributed by atoms with van der Waals surface area (Å²) < 4.78 is 11.3. The van der Waals surface area contributed by atoms with Crippen LogP contribution in [0.15, 0.2) is 18.2 Å². The maximum absolute atomic E-state index is 12.1. The number of halogens is 1. The van der Waals surface area contributed by atoms with Crippen molar-refractivity contribution in [1.82, 2.24) is 10.6 Å². The Morgan fingerprint density at radius 2 is 2.05 bits per heavy atom. The zero-order chi connectivity index (χ0) is 14.5. The van der Waals surface area contributed by atoms with E-state index in [2.05, 4.69) is 10.6 Å². The Hall–Kier alpha value is -1.46. The number of hydrogen-bond acceptors (Lipinski definition) is 4. The van der Waals surface area contributed by atoms with E-state index in [4.69, 9.17) is 9.47 Å². The van der Waals surface area contributed by atoms with Crippen molar-refractivity contribution < 1.29 is 14.3 Å². The molecule has 6 heteroatoms. The summed E-state index contributed by atoms with van der Waals surface area (Å²) in [6, 6.07) is 5.86. The third-order valence-corrected chi connectivity index (χ3v) is 3.95. The molecule has 0 aromatic heterocycles. The number of piperidine rings is 1. The molecular weight excluding hydrogens is 304 g/mol. The minimum Gasteiger partial charge on any atom is -0.490 e. The van der Waals surface area contributed by atoms with Gasteiger partial charge >= 0.3 is 0 Å². The van der Waals surface area contributed by atoms with Crippen LogP contribution in [0.5, 0.6) is 11.5 Å². The number of amides is 1. The first-order chi connectivity index (χ1) is 10.3. The minimum absolute atomic E-state index is 0. The maximum atomic E-state index is 12.1. The van der Waals surface area contributed by atoms with Gasteiger partial charge in [0.1, 0.15) is 0 Å². The van der Waals surface area contributed by atoms with Crippen molar-refractivity contribution in [3.8, 4) is 11.5 Å². The van der Waals surface area contributed by atoms with Gasteiger partial charge in [-0.15, -0.1) is 12.4 Å². The van der Waals surface area contributed by atoms with E-state index in [1.54, 1.807) is 0 Å². The van der Waals surface area contributed by atoms with Crippen LogP contribution in [0.2, 0.25) is 0 Å². The number of ether oxygens (including phenoxy) is 2. The molecule has 3 rings (SSSR count). The van der Waals surface area contributed by atoms with Crippen molar-refractivity contribution in [3.05, 3.63) is 23.8 Å². The summed E-state index contributed by atoms with van der Waals surface area (Å²) in [5.74, 6) is 1.80. The molecular formula is C16H23ClN2O3. The number of rotatable bonds is 3. The number of fused-ring (bicyclic) bond motifs is 1. The molecule has 1 unspecified atom stereocenters. The molecule has 5 nitrogen and oxygen atoms in total. The fourth-order valence-electron chi connectivity index (χ4n) is 2.73. The van der Waals surface area contributed by atoms with Gasteiger partial charge in [0.05, 0.1) is 19.1 Å². The van der Waals surface area contributed by atoms with E-state index in [1.165, 1.54) is 0 Å². The number of carbonyl (C=O) groups is 1. The predicted octanol–water partition coefficient (Wildman–Crippen LogP) is 1.89. The molecule has 1 aromatic rings. The van der Waals surface area contributed by atoms with Gasteiger partial charge in [-0.25, -0.2) is 0 Å². The van der Waals surface area contributed by atoms with E-state index >= 15 is 0 Å².